The average molecular weight is 305 g/mol. The third-order valence-electron chi connectivity index (χ3n) is 4.15. The molecule has 2 atom stereocenters. The molecule has 0 aromatic heterocycles. The van der Waals surface area contributed by atoms with E-state index in [4.69, 9.17) is 4.74 Å². The average Bonchev–Trinajstić information content (AvgIpc) is 2.36. The van der Waals surface area contributed by atoms with E-state index >= 15 is 0 Å². The molecule has 0 radical (unpaired) electrons. The van der Waals surface area contributed by atoms with Gasteiger partial charge < -0.3 is 14.7 Å². The van der Waals surface area contributed by atoms with Crippen molar-refractivity contribution in [2.45, 2.75) is 64.7 Å². The third-order valence-corrected chi connectivity index (χ3v) is 4.15. The zero-order valence-corrected chi connectivity index (χ0v) is 14.2. The summed E-state index contributed by atoms with van der Waals surface area (Å²) < 4.78 is 5.44. The number of nitrogens with zero attached hydrogens (tertiary/aromatic N) is 1. The van der Waals surface area contributed by atoms with Crippen LogP contribution in [0.3, 0.4) is 0 Å². The largest absolute Gasteiger partial charge is 0.444 e. The second-order valence-corrected chi connectivity index (χ2v) is 7.37. The van der Waals surface area contributed by atoms with E-state index in [0.29, 0.717) is 19.4 Å². The number of carbonyl (C=O) groups is 1. The quantitative estimate of drug-likeness (QED) is 0.862. The monoisotopic (exact) mass is 305 g/mol. The molecule has 2 unspecified atom stereocenters. The second kappa shape index (κ2) is 5.92. The molecule has 1 aliphatic heterocycles. The highest BCUT2D eigenvalue weighted by Gasteiger charge is 2.40. The molecule has 1 fully saturated rings. The van der Waals surface area contributed by atoms with Gasteiger partial charge >= 0.3 is 6.09 Å². The minimum absolute atomic E-state index is 0.0603. The van der Waals surface area contributed by atoms with Crippen molar-refractivity contribution in [3.63, 3.8) is 0 Å². The maximum absolute atomic E-state index is 12.2. The van der Waals surface area contributed by atoms with Crippen LogP contribution in [0.4, 0.5) is 4.79 Å². The lowest BCUT2D eigenvalue weighted by Gasteiger charge is -2.43. The number of ether oxygens (including phenoxy) is 1. The lowest BCUT2D eigenvalue weighted by molar-refractivity contribution is -0.0546. The molecule has 4 nitrogen and oxygen atoms in total. The van der Waals surface area contributed by atoms with E-state index in [1.807, 2.05) is 58.9 Å². The molecular weight excluding hydrogens is 278 g/mol. The molecule has 22 heavy (non-hydrogen) atoms. The third kappa shape index (κ3) is 3.80. The lowest BCUT2D eigenvalue weighted by atomic mass is 9.81. The van der Waals surface area contributed by atoms with Crippen LogP contribution in [0, 0.1) is 6.92 Å². The fraction of sp³-hybridized carbons (Fsp3) is 0.611. The molecule has 1 saturated heterocycles. The maximum Gasteiger partial charge on any atom is 0.410 e. The number of piperidine rings is 1. The fourth-order valence-electron chi connectivity index (χ4n) is 2.94. The minimum atomic E-state index is -0.869. The molecule has 0 bridgehead atoms. The first-order valence-corrected chi connectivity index (χ1v) is 7.90. The van der Waals surface area contributed by atoms with Crippen LogP contribution in [-0.2, 0) is 10.3 Å². The summed E-state index contributed by atoms with van der Waals surface area (Å²) in [5.74, 6) is 0. The molecule has 1 aromatic rings. The van der Waals surface area contributed by atoms with Crippen molar-refractivity contribution in [2.24, 2.45) is 0 Å². The molecule has 1 N–H and O–H groups in total. The van der Waals surface area contributed by atoms with E-state index in [1.165, 1.54) is 5.56 Å². The van der Waals surface area contributed by atoms with Crippen molar-refractivity contribution < 1.29 is 14.6 Å². The number of rotatable bonds is 1. The number of amides is 1. The van der Waals surface area contributed by atoms with Gasteiger partial charge in [0.2, 0.25) is 0 Å². The summed E-state index contributed by atoms with van der Waals surface area (Å²) in [6.45, 7) is 10.1. The van der Waals surface area contributed by atoms with E-state index in [2.05, 4.69) is 0 Å². The zero-order chi connectivity index (χ0) is 16.5. The predicted molar refractivity (Wildman–Crippen MR) is 86.7 cm³/mol. The van der Waals surface area contributed by atoms with E-state index in [0.717, 1.165) is 5.56 Å². The van der Waals surface area contributed by atoms with Crippen molar-refractivity contribution in [3.05, 3.63) is 35.4 Å². The van der Waals surface area contributed by atoms with Gasteiger partial charge in [-0.3, -0.25) is 0 Å². The van der Waals surface area contributed by atoms with Crippen LogP contribution in [-0.4, -0.2) is 34.3 Å². The van der Waals surface area contributed by atoms with Crippen molar-refractivity contribution in [1.82, 2.24) is 4.90 Å². The molecule has 1 amide bonds. The number of likely N-dealkylation sites (tertiary alicyclic amines) is 1. The van der Waals surface area contributed by atoms with Crippen molar-refractivity contribution in [3.8, 4) is 0 Å². The SMILES string of the molecule is Cc1ccc(C2(O)CCN(C(=O)OC(C)(C)C)C(C)C2)cc1. The highest BCUT2D eigenvalue weighted by molar-refractivity contribution is 5.68. The Kier molecular flexibility index (Phi) is 4.52. The first kappa shape index (κ1) is 16.8. The molecule has 4 heteroatoms. The summed E-state index contributed by atoms with van der Waals surface area (Å²) >= 11 is 0. The van der Waals surface area contributed by atoms with Crippen LogP contribution in [0.5, 0.6) is 0 Å². The Balaban J connectivity index is 2.09. The van der Waals surface area contributed by atoms with Gasteiger partial charge in [-0.2, -0.15) is 0 Å². The highest BCUT2D eigenvalue weighted by atomic mass is 16.6. The topological polar surface area (TPSA) is 49.8 Å². The summed E-state index contributed by atoms with van der Waals surface area (Å²) in [7, 11) is 0. The molecule has 1 aliphatic rings. The Labute approximate surface area is 133 Å². The predicted octanol–water partition coefficient (Wildman–Crippen LogP) is 3.60. The maximum atomic E-state index is 12.2. The van der Waals surface area contributed by atoms with E-state index in [1.54, 1.807) is 4.90 Å². The van der Waals surface area contributed by atoms with Crippen LogP contribution >= 0.6 is 0 Å². The smallest absolute Gasteiger partial charge is 0.410 e. The van der Waals surface area contributed by atoms with Gasteiger partial charge in [-0.15, -0.1) is 0 Å². The molecular formula is C18H27NO3. The molecule has 1 aromatic carbocycles. The van der Waals surface area contributed by atoms with E-state index < -0.39 is 11.2 Å². The summed E-state index contributed by atoms with van der Waals surface area (Å²) in [4.78, 5) is 14.0. The van der Waals surface area contributed by atoms with Gasteiger partial charge in [0, 0.05) is 19.0 Å². The Morgan fingerprint density at radius 1 is 1.32 bits per heavy atom. The van der Waals surface area contributed by atoms with Gasteiger partial charge in [0.15, 0.2) is 0 Å². The Morgan fingerprint density at radius 3 is 2.41 bits per heavy atom. The number of benzene rings is 1. The van der Waals surface area contributed by atoms with Crippen LogP contribution in [0.15, 0.2) is 24.3 Å². The van der Waals surface area contributed by atoms with Gasteiger partial charge in [-0.05, 0) is 46.6 Å². The normalized spacial score (nSPS) is 25.9. The molecule has 0 aliphatic carbocycles. The Morgan fingerprint density at radius 2 is 1.91 bits per heavy atom. The van der Waals surface area contributed by atoms with Crippen molar-refractivity contribution >= 4 is 6.09 Å². The van der Waals surface area contributed by atoms with E-state index in [-0.39, 0.29) is 12.1 Å². The second-order valence-electron chi connectivity index (χ2n) is 7.37. The van der Waals surface area contributed by atoms with Gasteiger partial charge in [0.05, 0.1) is 5.60 Å². The van der Waals surface area contributed by atoms with Crippen molar-refractivity contribution in [1.29, 1.82) is 0 Å². The minimum Gasteiger partial charge on any atom is -0.444 e. The van der Waals surface area contributed by atoms with E-state index in [9.17, 15) is 9.90 Å². The van der Waals surface area contributed by atoms with Crippen LogP contribution in [0.1, 0.15) is 51.7 Å². The van der Waals surface area contributed by atoms with Crippen LogP contribution in [0.2, 0.25) is 0 Å². The van der Waals surface area contributed by atoms with Crippen LogP contribution in [0.25, 0.3) is 0 Å². The summed E-state index contributed by atoms with van der Waals surface area (Å²) in [5.41, 5.74) is 0.730. The summed E-state index contributed by atoms with van der Waals surface area (Å²) in [6, 6.07) is 7.92. The summed E-state index contributed by atoms with van der Waals surface area (Å²) in [5, 5.41) is 11.0. The Bertz CT molecular complexity index is 532. The molecule has 2 rings (SSSR count). The molecule has 0 spiro atoms. The molecule has 1 heterocycles. The number of carbonyl (C=O) groups excluding carboxylic acids is 1. The van der Waals surface area contributed by atoms with Gasteiger partial charge in [-0.1, -0.05) is 29.8 Å². The number of hydrogen-bond donors (Lipinski definition) is 1. The number of hydrogen-bond acceptors (Lipinski definition) is 3. The Hall–Kier alpha value is -1.55. The summed E-state index contributed by atoms with van der Waals surface area (Å²) in [6.07, 6.45) is 0.751. The zero-order valence-electron chi connectivity index (χ0n) is 14.2. The molecule has 0 saturated carbocycles. The van der Waals surface area contributed by atoms with Crippen molar-refractivity contribution in [2.75, 3.05) is 6.54 Å². The number of aliphatic hydroxyl groups is 1. The lowest BCUT2D eigenvalue weighted by Crippen LogP contribution is -2.51. The van der Waals surface area contributed by atoms with Gasteiger partial charge in [0.1, 0.15) is 5.60 Å². The number of aryl methyl sites for hydroxylation is 1. The van der Waals surface area contributed by atoms with Gasteiger partial charge in [0.25, 0.3) is 0 Å². The fourth-order valence-corrected chi connectivity index (χ4v) is 2.94. The first-order valence-electron chi connectivity index (χ1n) is 7.90. The first-order chi connectivity index (χ1) is 10.1. The highest BCUT2D eigenvalue weighted by Crippen LogP contribution is 2.36. The van der Waals surface area contributed by atoms with Gasteiger partial charge in [-0.25, -0.2) is 4.79 Å². The standard InChI is InChI=1S/C18H27NO3/c1-13-6-8-15(9-7-13)18(21)10-11-19(14(2)12-18)16(20)22-17(3,4)5/h6-9,14,21H,10-12H2,1-5H3. The molecule has 122 valence electrons. The van der Waals surface area contributed by atoms with Crippen LogP contribution < -0.4 is 0 Å².